The zero-order valence-corrected chi connectivity index (χ0v) is 10.3. The molecular weight excluding hydrogens is 260 g/mol. The largest absolute Gasteiger partial charge is 0.329 e. The third-order valence-electron chi connectivity index (χ3n) is 2.21. The molecule has 17 heavy (non-hydrogen) atoms. The maximum atomic E-state index is 5.85. The van der Waals surface area contributed by atoms with Crippen molar-refractivity contribution in [2.45, 2.75) is 10.2 Å². The Balaban J connectivity index is 2.11. The van der Waals surface area contributed by atoms with E-state index < -0.39 is 0 Å². The summed E-state index contributed by atoms with van der Waals surface area (Å²) in [6.45, 7) is 0. The molecule has 0 aromatic carbocycles. The lowest BCUT2D eigenvalue weighted by atomic mass is 10.4. The second-order valence-electron chi connectivity index (χ2n) is 3.35. The fourth-order valence-electron chi connectivity index (χ4n) is 1.40. The van der Waals surface area contributed by atoms with Crippen molar-refractivity contribution in [2.24, 2.45) is 7.05 Å². The van der Waals surface area contributed by atoms with E-state index >= 15 is 0 Å². The first kappa shape index (κ1) is 10.5. The van der Waals surface area contributed by atoms with Crippen LogP contribution in [0.3, 0.4) is 0 Å². The maximum Gasteiger partial charge on any atom is 0.225 e. The number of fused-ring (bicyclic) bond motifs is 1. The van der Waals surface area contributed by atoms with Gasteiger partial charge in [-0.05, 0) is 23.4 Å². The van der Waals surface area contributed by atoms with E-state index in [1.165, 1.54) is 11.8 Å². The van der Waals surface area contributed by atoms with Gasteiger partial charge in [-0.25, -0.2) is 9.97 Å². The highest BCUT2D eigenvalue weighted by molar-refractivity contribution is 7.99. The molecule has 0 bridgehead atoms. The molecule has 86 valence electrons. The number of aryl methyl sites for hydroxylation is 1. The number of aromatic amines is 1. The highest BCUT2D eigenvalue weighted by atomic mass is 35.5. The summed E-state index contributed by atoms with van der Waals surface area (Å²) < 4.78 is 1.91. The minimum Gasteiger partial charge on any atom is -0.329 e. The van der Waals surface area contributed by atoms with Crippen LogP contribution in [0, 0.1) is 0 Å². The Hall–Kier alpha value is -1.60. The fourth-order valence-corrected chi connectivity index (χ4v) is 2.50. The van der Waals surface area contributed by atoms with E-state index in [0.29, 0.717) is 5.65 Å². The first-order chi connectivity index (χ1) is 8.24. The molecule has 3 rings (SSSR count). The van der Waals surface area contributed by atoms with Crippen LogP contribution >= 0.6 is 23.4 Å². The fraction of sp³-hybridized carbons (Fsp3) is 0.111. The normalized spacial score (nSPS) is 11.2. The molecular formula is C9H7ClN6S. The Bertz CT molecular complexity index is 675. The van der Waals surface area contributed by atoms with Crippen molar-refractivity contribution >= 4 is 34.4 Å². The molecule has 0 atom stereocenters. The molecule has 0 radical (unpaired) electrons. The second kappa shape index (κ2) is 4.01. The summed E-state index contributed by atoms with van der Waals surface area (Å²) in [5, 5.41) is 9.30. The van der Waals surface area contributed by atoms with Crippen molar-refractivity contribution < 1.29 is 0 Å². The summed E-state index contributed by atoms with van der Waals surface area (Å²) in [6, 6.07) is 0. The monoisotopic (exact) mass is 266 g/mol. The predicted molar refractivity (Wildman–Crippen MR) is 64.0 cm³/mol. The molecule has 8 heteroatoms. The summed E-state index contributed by atoms with van der Waals surface area (Å²) in [6.07, 6.45) is 5.28. The van der Waals surface area contributed by atoms with Gasteiger partial charge in [0.1, 0.15) is 5.03 Å². The Morgan fingerprint density at radius 1 is 1.41 bits per heavy atom. The van der Waals surface area contributed by atoms with Crippen LogP contribution in [0.5, 0.6) is 0 Å². The number of hydrogen-bond acceptors (Lipinski definition) is 5. The first-order valence-electron chi connectivity index (χ1n) is 4.76. The smallest absolute Gasteiger partial charge is 0.225 e. The quantitative estimate of drug-likeness (QED) is 0.566. The van der Waals surface area contributed by atoms with E-state index in [2.05, 4.69) is 25.1 Å². The third kappa shape index (κ3) is 1.87. The first-order valence-corrected chi connectivity index (χ1v) is 5.95. The molecule has 3 aromatic rings. The second-order valence-corrected chi connectivity index (χ2v) is 4.65. The minimum absolute atomic E-state index is 0.193. The number of hydrogen-bond donors (Lipinski definition) is 1. The van der Waals surface area contributed by atoms with Gasteiger partial charge in [0.15, 0.2) is 10.8 Å². The van der Waals surface area contributed by atoms with Gasteiger partial charge in [-0.1, -0.05) is 0 Å². The molecule has 0 fully saturated rings. The van der Waals surface area contributed by atoms with Gasteiger partial charge in [-0.2, -0.15) is 10.1 Å². The number of aromatic nitrogens is 6. The van der Waals surface area contributed by atoms with Crippen LogP contribution in [0.15, 0.2) is 28.8 Å². The van der Waals surface area contributed by atoms with Crippen molar-refractivity contribution in [1.82, 2.24) is 29.7 Å². The number of nitrogens with one attached hydrogen (secondary N) is 1. The number of nitrogens with zero attached hydrogens (tertiary/aromatic N) is 5. The summed E-state index contributed by atoms with van der Waals surface area (Å²) in [5.41, 5.74) is 0.627. The van der Waals surface area contributed by atoms with E-state index in [9.17, 15) is 0 Å². The molecule has 0 aliphatic rings. The summed E-state index contributed by atoms with van der Waals surface area (Å²) in [5.74, 6) is 0. The Labute approximate surface area is 105 Å². The van der Waals surface area contributed by atoms with Gasteiger partial charge in [-0.15, -0.1) is 0 Å². The molecule has 1 N–H and O–H groups in total. The molecule has 3 heterocycles. The predicted octanol–water partition coefficient (Wildman–Crippen LogP) is 1.89. The Morgan fingerprint density at radius 3 is 3.06 bits per heavy atom. The third-order valence-corrected chi connectivity index (χ3v) is 3.46. The van der Waals surface area contributed by atoms with E-state index in [1.54, 1.807) is 12.4 Å². The van der Waals surface area contributed by atoms with Gasteiger partial charge in [-0.3, -0.25) is 5.10 Å². The van der Waals surface area contributed by atoms with Crippen LogP contribution in [-0.4, -0.2) is 29.7 Å². The number of imidazole rings is 1. The summed E-state index contributed by atoms with van der Waals surface area (Å²) in [7, 11) is 1.92. The van der Waals surface area contributed by atoms with E-state index in [0.717, 1.165) is 15.6 Å². The van der Waals surface area contributed by atoms with Crippen LogP contribution in [0.25, 0.3) is 11.0 Å². The average molecular weight is 267 g/mol. The SMILES string of the molecule is Cn1ccnc1Sc1nc(Cl)nc2[nH]ncc12. The van der Waals surface area contributed by atoms with E-state index in [1.807, 2.05) is 17.8 Å². The van der Waals surface area contributed by atoms with Crippen LogP contribution in [0.4, 0.5) is 0 Å². The molecule has 0 aliphatic carbocycles. The lowest BCUT2D eigenvalue weighted by Gasteiger charge is -2.02. The van der Waals surface area contributed by atoms with Crippen LogP contribution in [0.1, 0.15) is 0 Å². The zero-order chi connectivity index (χ0) is 11.8. The molecule has 3 aromatic heterocycles. The van der Waals surface area contributed by atoms with Crippen molar-refractivity contribution in [3.05, 3.63) is 23.9 Å². The van der Waals surface area contributed by atoms with Gasteiger partial charge in [0, 0.05) is 19.4 Å². The minimum atomic E-state index is 0.193. The average Bonchev–Trinajstić information content (AvgIpc) is 2.88. The molecule has 0 unspecified atom stereocenters. The van der Waals surface area contributed by atoms with E-state index in [4.69, 9.17) is 11.6 Å². The van der Waals surface area contributed by atoms with Gasteiger partial charge in [0.25, 0.3) is 0 Å². The molecule has 6 nitrogen and oxygen atoms in total. The highest BCUT2D eigenvalue weighted by Gasteiger charge is 2.11. The Kier molecular flexibility index (Phi) is 2.49. The van der Waals surface area contributed by atoms with Crippen molar-refractivity contribution in [1.29, 1.82) is 0 Å². The lowest BCUT2D eigenvalue weighted by molar-refractivity contribution is 0.789. The topological polar surface area (TPSA) is 72.3 Å². The van der Waals surface area contributed by atoms with Crippen LogP contribution in [-0.2, 0) is 7.05 Å². The lowest BCUT2D eigenvalue weighted by Crippen LogP contribution is -1.92. The van der Waals surface area contributed by atoms with Gasteiger partial charge < -0.3 is 4.57 Å². The van der Waals surface area contributed by atoms with Crippen LogP contribution in [0.2, 0.25) is 5.28 Å². The van der Waals surface area contributed by atoms with Crippen molar-refractivity contribution in [3.63, 3.8) is 0 Å². The van der Waals surface area contributed by atoms with Crippen molar-refractivity contribution in [3.8, 4) is 0 Å². The molecule has 0 spiro atoms. The molecule has 0 aliphatic heterocycles. The van der Waals surface area contributed by atoms with Gasteiger partial charge >= 0.3 is 0 Å². The van der Waals surface area contributed by atoms with Gasteiger partial charge in [0.05, 0.1) is 11.6 Å². The Morgan fingerprint density at radius 2 is 2.29 bits per heavy atom. The maximum absolute atomic E-state index is 5.85. The highest BCUT2D eigenvalue weighted by Crippen LogP contribution is 2.30. The van der Waals surface area contributed by atoms with Crippen molar-refractivity contribution in [2.75, 3.05) is 0 Å². The molecule has 0 saturated heterocycles. The summed E-state index contributed by atoms with van der Waals surface area (Å²) in [4.78, 5) is 12.5. The molecule has 0 amide bonds. The number of rotatable bonds is 2. The van der Waals surface area contributed by atoms with Crippen LogP contribution < -0.4 is 0 Å². The zero-order valence-electron chi connectivity index (χ0n) is 8.75. The van der Waals surface area contributed by atoms with Gasteiger partial charge in [0.2, 0.25) is 5.28 Å². The van der Waals surface area contributed by atoms with E-state index in [-0.39, 0.29) is 5.28 Å². The molecule has 0 saturated carbocycles. The standard InChI is InChI=1S/C9H7ClN6S/c1-16-3-2-11-9(16)17-7-5-4-12-15-6(5)13-8(10)14-7/h2-4H,1H3,(H,12,13,14,15). The number of H-pyrrole nitrogens is 1. The number of halogens is 1. The summed E-state index contributed by atoms with van der Waals surface area (Å²) >= 11 is 7.28.